The number of hydrogen-bond donors (Lipinski definition) is 3. The summed E-state index contributed by atoms with van der Waals surface area (Å²) in [4.78, 5) is 28.3. The fourth-order valence-electron chi connectivity index (χ4n) is 4.25. The van der Waals surface area contributed by atoms with Crippen molar-refractivity contribution in [2.75, 3.05) is 11.9 Å². The van der Waals surface area contributed by atoms with Gasteiger partial charge in [0.05, 0.1) is 5.56 Å². The van der Waals surface area contributed by atoms with E-state index in [4.69, 9.17) is 9.84 Å². The lowest BCUT2D eigenvalue weighted by atomic mass is 9.69. The van der Waals surface area contributed by atoms with E-state index in [0.717, 1.165) is 36.5 Å². The molecule has 0 radical (unpaired) electrons. The number of carbonyl (C=O) groups is 2. The van der Waals surface area contributed by atoms with E-state index in [-0.39, 0.29) is 35.1 Å². The zero-order valence-electron chi connectivity index (χ0n) is 17.9. The second-order valence-electron chi connectivity index (χ2n) is 8.28. The number of nitrogens with one attached hydrogen (secondary N) is 1. The van der Waals surface area contributed by atoms with Crippen LogP contribution in [0.1, 0.15) is 47.7 Å². The Balaban J connectivity index is 1.60. The van der Waals surface area contributed by atoms with E-state index in [1.165, 1.54) is 23.5 Å². The lowest BCUT2D eigenvalue weighted by Crippen LogP contribution is -2.32. The molecule has 7 nitrogen and oxygen atoms in total. The molecule has 1 heterocycles. The number of halogens is 1. The number of carbonyl (C=O) groups excluding carboxylic acids is 2. The van der Waals surface area contributed by atoms with Gasteiger partial charge in [-0.25, -0.2) is 9.37 Å². The number of ketones is 1. The standard InChI is InChI=1S/C24H23FN2O5S/c1-24(12-22(31)27-23-26-7-8-33-23)6-2-3-14-9-19(29)21(11-17(14)24)32-15-4-5-16(18(25)10-15)20(30)13-28/h4-5,7-11,28-29H,2-3,6,12-13H2,1H3,(H,26,27,31)/t24-/m1/s1. The van der Waals surface area contributed by atoms with Gasteiger partial charge in [0.15, 0.2) is 22.4 Å². The minimum absolute atomic E-state index is 0.0938. The van der Waals surface area contributed by atoms with E-state index in [1.54, 1.807) is 23.7 Å². The fourth-order valence-corrected chi connectivity index (χ4v) is 4.80. The van der Waals surface area contributed by atoms with E-state index < -0.39 is 23.6 Å². The predicted octanol–water partition coefficient (Wildman–Crippen LogP) is 4.58. The van der Waals surface area contributed by atoms with Gasteiger partial charge in [0.2, 0.25) is 5.91 Å². The molecular weight excluding hydrogens is 447 g/mol. The molecule has 0 saturated heterocycles. The summed E-state index contributed by atoms with van der Waals surface area (Å²) in [6.07, 6.45) is 4.27. The van der Waals surface area contributed by atoms with Gasteiger partial charge in [-0.05, 0) is 54.7 Å². The Labute approximate surface area is 193 Å². The average Bonchev–Trinajstić information content (AvgIpc) is 3.27. The van der Waals surface area contributed by atoms with Crippen LogP contribution in [0.2, 0.25) is 0 Å². The number of aryl methyl sites for hydroxylation is 1. The topological polar surface area (TPSA) is 109 Å². The molecule has 172 valence electrons. The van der Waals surface area contributed by atoms with Crippen LogP contribution in [0.15, 0.2) is 41.9 Å². The zero-order valence-corrected chi connectivity index (χ0v) is 18.7. The first-order valence-corrected chi connectivity index (χ1v) is 11.3. The maximum Gasteiger partial charge on any atom is 0.227 e. The molecule has 0 spiro atoms. The first-order valence-electron chi connectivity index (χ1n) is 10.5. The van der Waals surface area contributed by atoms with Crippen molar-refractivity contribution in [3.8, 4) is 17.2 Å². The van der Waals surface area contributed by atoms with Gasteiger partial charge in [-0.2, -0.15) is 0 Å². The molecule has 0 unspecified atom stereocenters. The number of anilines is 1. The van der Waals surface area contributed by atoms with Crippen LogP contribution in [0, 0.1) is 5.82 Å². The molecule has 1 amide bonds. The highest BCUT2D eigenvalue weighted by atomic mass is 32.1. The second-order valence-corrected chi connectivity index (χ2v) is 9.17. The lowest BCUT2D eigenvalue weighted by Gasteiger charge is -2.36. The Morgan fingerprint density at radius 1 is 1.30 bits per heavy atom. The first-order chi connectivity index (χ1) is 15.8. The summed E-state index contributed by atoms with van der Waals surface area (Å²) in [7, 11) is 0. The van der Waals surface area contributed by atoms with Crippen LogP contribution in [0.3, 0.4) is 0 Å². The highest BCUT2D eigenvalue weighted by Gasteiger charge is 2.35. The van der Waals surface area contributed by atoms with Crippen LogP contribution in [-0.2, 0) is 16.6 Å². The molecule has 9 heteroatoms. The monoisotopic (exact) mass is 470 g/mol. The molecule has 0 fully saturated rings. The molecule has 1 aliphatic rings. The Bertz CT molecular complexity index is 1200. The van der Waals surface area contributed by atoms with Crippen LogP contribution in [0.4, 0.5) is 9.52 Å². The van der Waals surface area contributed by atoms with Crippen LogP contribution in [0.25, 0.3) is 0 Å². The second kappa shape index (κ2) is 9.29. The number of Topliss-reactive ketones (excluding diaryl/α,β-unsaturated/α-hetero) is 1. The van der Waals surface area contributed by atoms with E-state index in [2.05, 4.69) is 10.3 Å². The number of aromatic hydroxyl groups is 1. The normalized spacial score (nSPS) is 17.3. The van der Waals surface area contributed by atoms with Crippen molar-refractivity contribution in [3.05, 3.63) is 64.4 Å². The van der Waals surface area contributed by atoms with E-state index in [9.17, 15) is 19.1 Å². The SMILES string of the molecule is C[C@]1(CC(=O)Nc2nccs2)CCCc2cc(O)c(Oc3ccc(C(=O)CO)c(F)c3)cc21. The van der Waals surface area contributed by atoms with Gasteiger partial charge < -0.3 is 20.3 Å². The van der Waals surface area contributed by atoms with Gasteiger partial charge >= 0.3 is 0 Å². The maximum absolute atomic E-state index is 14.3. The summed E-state index contributed by atoms with van der Waals surface area (Å²) in [6, 6.07) is 6.98. The Morgan fingerprint density at radius 3 is 2.82 bits per heavy atom. The summed E-state index contributed by atoms with van der Waals surface area (Å²) in [5, 5.41) is 24.6. The number of hydrogen-bond acceptors (Lipinski definition) is 7. The van der Waals surface area contributed by atoms with Gasteiger partial charge in [0.25, 0.3) is 0 Å². The van der Waals surface area contributed by atoms with Crippen LogP contribution in [-0.4, -0.2) is 33.5 Å². The van der Waals surface area contributed by atoms with Gasteiger partial charge in [0.1, 0.15) is 18.2 Å². The molecule has 0 aliphatic heterocycles. The molecule has 1 aliphatic carbocycles. The van der Waals surface area contributed by atoms with Crippen molar-refractivity contribution in [2.45, 2.75) is 38.0 Å². The molecule has 2 aromatic carbocycles. The number of phenols is 1. The number of nitrogens with zero attached hydrogens (tertiary/aromatic N) is 1. The van der Waals surface area contributed by atoms with Gasteiger partial charge in [-0.15, -0.1) is 11.3 Å². The molecule has 3 aromatic rings. The predicted molar refractivity (Wildman–Crippen MR) is 122 cm³/mol. The maximum atomic E-state index is 14.3. The number of thiazole rings is 1. The Hall–Kier alpha value is -3.30. The number of ether oxygens (including phenoxy) is 1. The van der Waals surface area contributed by atoms with Crippen molar-refractivity contribution < 1.29 is 28.9 Å². The molecule has 33 heavy (non-hydrogen) atoms. The zero-order chi connectivity index (χ0) is 23.6. The fraction of sp³-hybridized carbons (Fsp3) is 0.292. The van der Waals surface area contributed by atoms with Gasteiger partial charge in [-0.3, -0.25) is 9.59 Å². The third kappa shape index (κ3) is 4.89. The van der Waals surface area contributed by atoms with Gasteiger partial charge in [0, 0.05) is 29.5 Å². The van der Waals surface area contributed by atoms with Crippen LogP contribution >= 0.6 is 11.3 Å². The number of aromatic nitrogens is 1. The third-order valence-corrected chi connectivity index (χ3v) is 6.54. The molecule has 1 atom stereocenters. The number of phenolic OH excluding ortho intramolecular Hbond substituents is 1. The molecule has 0 saturated carbocycles. The highest BCUT2D eigenvalue weighted by molar-refractivity contribution is 7.13. The van der Waals surface area contributed by atoms with Gasteiger partial charge in [-0.1, -0.05) is 6.92 Å². The Morgan fingerprint density at radius 2 is 2.12 bits per heavy atom. The summed E-state index contributed by atoms with van der Waals surface area (Å²) in [5.41, 5.74) is 1.11. The summed E-state index contributed by atoms with van der Waals surface area (Å²) in [6.45, 7) is 1.21. The Kier molecular flexibility index (Phi) is 6.44. The number of aliphatic hydroxyl groups excluding tert-OH is 1. The highest BCUT2D eigenvalue weighted by Crippen LogP contribution is 2.45. The molecule has 0 bridgehead atoms. The van der Waals surface area contributed by atoms with Crippen molar-refractivity contribution in [1.29, 1.82) is 0 Å². The minimum atomic E-state index is -0.826. The van der Waals surface area contributed by atoms with Crippen molar-refractivity contribution in [3.63, 3.8) is 0 Å². The molecular formula is C24H23FN2O5S. The van der Waals surface area contributed by atoms with E-state index in [1.807, 2.05) is 6.92 Å². The van der Waals surface area contributed by atoms with E-state index >= 15 is 0 Å². The number of benzene rings is 2. The number of fused-ring (bicyclic) bond motifs is 1. The third-order valence-electron chi connectivity index (χ3n) is 5.85. The minimum Gasteiger partial charge on any atom is -0.504 e. The molecule has 3 N–H and O–H groups in total. The summed E-state index contributed by atoms with van der Waals surface area (Å²) < 4.78 is 20.0. The van der Waals surface area contributed by atoms with Crippen molar-refractivity contribution >= 4 is 28.2 Å². The van der Waals surface area contributed by atoms with Crippen molar-refractivity contribution in [2.24, 2.45) is 0 Å². The number of rotatable bonds is 7. The van der Waals surface area contributed by atoms with Crippen LogP contribution < -0.4 is 10.1 Å². The summed E-state index contributed by atoms with van der Waals surface area (Å²) in [5.74, 6) is -1.59. The first kappa shape index (κ1) is 22.9. The number of aliphatic hydroxyl groups is 1. The van der Waals surface area contributed by atoms with Crippen molar-refractivity contribution in [1.82, 2.24) is 4.98 Å². The summed E-state index contributed by atoms with van der Waals surface area (Å²) >= 11 is 1.35. The smallest absolute Gasteiger partial charge is 0.227 e. The quantitative estimate of drug-likeness (QED) is 0.436. The molecule has 4 rings (SSSR count). The van der Waals surface area contributed by atoms with E-state index in [0.29, 0.717) is 5.13 Å². The van der Waals surface area contributed by atoms with Crippen LogP contribution in [0.5, 0.6) is 17.2 Å². The average molecular weight is 471 g/mol. The number of amides is 1. The largest absolute Gasteiger partial charge is 0.504 e. The lowest BCUT2D eigenvalue weighted by molar-refractivity contribution is -0.117. The molecule has 1 aromatic heterocycles.